The fourth-order valence-corrected chi connectivity index (χ4v) is 3.74. The van der Waals surface area contributed by atoms with E-state index in [4.69, 9.17) is 4.74 Å². The van der Waals surface area contributed by atoms with E-state index in [0.29, 0.717) is 13.2 Å². The maximum Gasteiger partial charge on any atom is 0.0721 e. The predicted octanol–water partition coefficient (Wildman–Crippen LogP) is 7.45. The van der Waals surface area contributed by atoms with Gasteiger partial charge in [0.25, 0.3) is 0 Å². The van der Waals surface area contributed by atoms with Crippen LogP contribution in [0.2, 0.25) is 0 Å². The predicted molar refractivity (Wildman–Crippen MR) is 121 cm³/mol. The van der Waals surface area contributed by atoms with Crippen LogP contribution in [0.3, 0.4) is 0 Å². The molecule has 2 aromatic carbocycles. The van der Waals surface area contributed by atoms with Crippen LogP contribution in [-0.4, -0.2) is 6.61 Å². The lowest BCUT2D eigenvalue weighted by Gasteiger charge is -2.24. The first kappa shape index (κ1) is 20.4. The summed E-state index contributed by atoms with van der Waals surface area (Å²) in [5.41, 5.74) is 4.99. The van der Waals surface area contributed by atoms with Crippen LogP contribution in [0.25, 0.3) is 17.2 Å². The molecule has 0 atom stereocenters. The highest BCUT2D eigenvalue weighted by atomic mass is 16.5. The summed E-state index contributed by atoms with van der Waals surface area (Å²) in [7, 11) is 0. The lowest BCUT2D eigenvalue weighted by molar-refractivity contribution is 0.148. The Balaban J connectivity index is 1.53. The van der Waals surface area contributed by atoms with Gasteiger partial charge in [0.2, 0.25) is 0 Å². The van der Waals surface area contributed by atoms with Crippen LogP contribution in [-0.2, 0) is 11.3 Å². The monoisotopic (exact) mass is 372 g/mol. The number of ether oxygens (including phenoxy) is 1. The smallest absolute Gasteiger partial charge is 0.0721 e. The van der Waals surface area contributed by atoms with Gasteiger partial charge in [-0.2, -0.15) is 0 Å². The normalized spacial score (nSPS) is 20.0. The minimum atomic E-state index is 0.656. The van der Waals surface area contributed by atoms with Gasteiger partial charge in [0, 0.05) is 0 Å². The van der Waals surface area contributed by atoms with E-state index >= 15 is 0 Å². The van der Waals surface area contributed by atoms with E-state index < -0.39 is 0 Å². The third kappa shape index (κ3) is 6.07. The summed E-state index contributed by atoms with van der Waals surface area (Å²) >= 11 is 0. The summed E-state index contributed by atoms with van der Waals surface area (Å²) in [6.45, 7) is 7.27. The summed E-state index contributed by atoms with van der Waals surface area (Å²) in [4.78, 5) is 0. The van der Waals surface area contributed by atoms with Crippen molar-refractivity contribution in [3.8, 4) is 11.1 Å². The van der Waals surface area contributed by atoms with Crippen LogP contribution in [0.4, 0.5) is 0 Å². The molecule has 0 saturated heterocycles. The molecule has 1 heteroatoms. The Kier molecular flexibility index (Phi) is 7.87. The number of benzene rings is 2. The van der Waals surface area contributed by atoms with E-state index in [1.54, 1.807) is 0 Å². The Labute approximate surface area is 170 Å². The van der Waals surface area contributed by atoms with Crippen molar-refractivity contribution in [2.24, 2.45) is 11.8 Å². The van der Waals surface area contributed by atoms with Crippen LogP contribution in [0.1, 0.15) is 43.7 Å². The highest BCUT2D eigenvalue weighted by Crippen LogP contribution is 2.30. The van der Waals surface area contributed by atoms with Gasteiger partial charge < -0.3 is 4.74 Å². The van der Waals surface area contributed by atoms with Crippen LogP contribution < -0.4 is 0 Å². The number of rotatable bonds is 8. The Hall–Kier alpha value is -2.38. The topological polar surface area (TPSA) is 9.23 Å². The van der Waals surface area contributed by atoms with E-state index in [9.17, 15) is 0 Å². The Morgan fingerprint density at radius 3 is 2.11 bits per heavy atom. The molecule has 0 spiro atoms. The maximum absolute atomic E-state index is 5.61. The Morgan fingerprint density at radius 2 is 1.50 bits per heavy atom. The minimum absolute atomic E-state index is 0.656. The van der Waals surface area contributed by atoms with E-state index in [0.717, 1.165) is 11.8 Å². The van der Waals surface area contributed by atoms with Crippen molar-refractivity contribution in [2.75, 3.05) is 6.61 Å². The molecule has 3 rings (SSSR count). The molecule has 28 heavy (non-hydrogen) atoms. The van der Waals surface area contributed by atoms with Gasteiger partial charge in [-0.25, -0.2) is 0 Å². The second-order valence-corrected chi connectivity index (χ2v) is 7.67. The van der Waals surface area contributed by atoms with Crippen molar-refractivity contribution >= 4 is 6.08 Å². The minimum Gasteiger partial charge on any atom is -0.373 e. The molecule has 0 aliphatic heterocycles. The first-order valence-corrected chi connectivity index (χ1v) is 10.5. The molecule has 1 saturated carbocycles. The van der Waals surface area contributed by atoms with Crippen molar-refractivity contribution in [2.45, 2.75) is 39.2 Å². The standard InChI is InChI=1S/C27H32O/c1-3-5-20-28-21-25-14-18-27(19-15-25)26-16-12-24(13-17-26)11-10-23-8-6-22(4-2)7-9-23/h3-5,10-19,22-23H,2,6-9,20-21H2,1H3. The van der Waals surface area contributed by atoms with Crippen molar-refractivity contribution in [3.63, 3.8) is 0 Å². The summed E-state index contributed by atoms with van der Waals surface area (Å²) < 4.78 is 5.61. The van der Waals surface area contributed by atoms with E-state index in [-0.39, 0.29) is 0 Å². The second-order valence-electron chi connectivity index (χ2n) is 7.67. The summed E-state index contributed by atoms with van der Waals surface area (Å²) in [6, 6.07) is 17.5. The van der Waals surface area contributed by atoms with Crippen molar-refractivity contribution in [3.05, 3.63) is 90.5 Å². The average molecular weight is 373 g/mol. The van der Waals surface area contributed by atoms with Crippen LogP contribution in [0.15, 0.2) is 79.4 Å². The lowest BCUT2D eigenvalue weighted by Crippen LogP contribution is -2.10. The molecular formula is C27H32O. The number of hydrogen-bond donors (Lipinski definition) is 0. The zero-order valence-electron chi connectivity index (χ0n) is 17.0. The van der Waals surface area contributed by atoms with Gasteiger partial charge in [-0.3, -0.25) is 0 Å². The fourth-order valence-electron chi connectivity index (χ4n) is 3.74. The van der Waals surface area contributed by atoms with Gasteiger partial charge in [0.15, 0.2) is 0 Å². The summed E-state index contributed by atoms with van der Waals surface area (Å²) in [5.74, 6) is 1.45. The number of allylic oxidation sites excluding steroid dienone is 3. The maximum atomic E-state index is 5.61. The Morgan fingerprint density at radius 1 is 0.893 bits per heavy atom. The quantitative estimate of drug-likeness (QED) is 0.345. The van der Waals surface area contributed by atoms with Gasteiger partial charge in [-0.05, 0) is 66.7 Å². The zero-order chi connectivity index (χ0) is 19.6. The highest BCUT2D eigenvalue weighted by Gasteiger charge is 2.16. The lowest BCUT2D eigenvalue weighted by atomic mass is 9.82. The average Bonchev–Trinajstić information content (AvgIpc) is 2.76. The van der Waals surface area contributed by atoms with Gasteiger partial charge >= 0.3 is 0 Å². The summed E-state index contributed by atoms with van der Waals surface area (Å²) in [6.07, 6.45) is 16.0. The van der Waals surface area contributed by atoms with Crippen LogP contribution >= 0.6 is 0 Å². The molecule has 1 fully saturated rings. The third-order valence-electron chi connectivity index (χ3n) is 5.63. The molecule has 0 amide bonds. The molecule has 0 unspecified atom stereocenters. The van der Waals surface area contributed by atoms with Gasteiger partial charge in [0.05, 0.1) is 13.2 Å². The molecule has 146 valence electrons. The van der Waals surface area contributed by atoms with Gasteiger partial charge in [-0.1, -0.05) is 78.9 Å². The fraction of sp³-hybridized carbons (Fsp3) is 0.333. The molecule has 0 radical (unpaired) electrons. The molecule has 0 N–H and O–H groups in total. The summed E-state index contributed by atoms with van der Waals surface area (Å²) in [5, 5.41) is 0. The SMILES string of the molecule is C=CC1CCC(C=Cc2ccc(-c3ccc(COCC=CC)cc3)cc2)CC1. The van der Waals surface area contributed by atoms with Crippen LogP contribution in [0.5, 0.6) is 0 Å². The van der Waals surface area contributed by atoms with Crippen molar-refractivity contribution < 1.29 is 4.74 Å². The first-order valence-electron chi connectivity index (χ1n) is 10.5. The van der Waals surface area contributed by atoms with E-state index in [2.05, 4.69) is 73.3 Å². The zero-order valence-corrected chi connectivity index (χ0v) is 17.0. The van der Waals surface area contributed by atoms with Crippen LogP contribution in [0, 0.1) is 11.8 Å². The largest absolute Gasteiger partial charge is 0.373 e. The number of hydrogen-bond acceptors (Lipinski definition) is 1. The molecule has 1 nitrogen and oxygen atoms in total. The third-order valence-corrected chi connectivity index (χ3v) is 5.63. The van der Waals surface area contributed by atoms with E-state index in [1.807, 2.05) is 19.1 Å². The molecule has 0 aromatic heterocycles. The van der Waals surface area contributed by atoms with Gasteiger partial charge in [-0.15, -0.1) is 6.58 Å². The Bertz CT molecular complexity index is 772. The first-order chi connectivity index (χ1) is 13.8. The molecule has 1 aliphatic rings. The second kappa shape index (κ2) is 10.8. The molecular weight excluding hydrogens is 340 g/mol. The van der Waals surface area contributed by atoms with Crippen molar-refractivity contribution in [1.29, 1.82) is 0 Å². The van der Waals surface area contributed by atoms with Gasteiger partial charge in [0.1, 0.15) is 0 Å². The molecule has 0 bridgehead atoms. The molecule has 1 aliphatic carbocycles. The van der Waals surface area contributed by atoms with Crippen molar-refractivity contribution in [1.82, 2.24) is 0 Å². The highest BCUT2D eigenvalue weighted by molar-refractivity contribution is 5.66. The van der Waals surface area contributed by atoms with E-state index in [1.165, 1.54) is 47.9 Å². The molecule has 2 aromatic rings. The molecule has 0 heterocycles.